The predicted octanol–water partition coefficient (Wildman–Crippen LogP) is 6.05. The zero-order valence-corrected chi connectivity index (χ0v) is 51.6. The maximum Gasteiger partial charge on any atom is 0.293 e. The fourth-order valence-corrected chi connectivity index (χ4v) is 17.7. The SMILES string of the molecule is CC[C@@H](C)C(=O)N[C@@H](C)C(=O)CCCSC1CC(=O)N(c2ccc(/C(C)=N\NC(=O)[C@@]3(O)[C@H](O)[C@]4(CC)C=CCN5CC[C@@]6(c7cc([C@@]8(COC=O)C[C@@H]9CN(CCc%10c8[nH]c8ccccc%108)C[C@](O)(CC)C9)c(OC)cc7N(C)[C@@H]36)[C@@H]54)cc2)C1=O. The molecule has 2 bridgehead atoms. The number of aliphatic hydroxyl groups excluding tert-OH is 1. The number of anilines is 2. The van der Waals surface area contributed by atoms with Crippen molar-refractivity contribution in [2.24, 2.45) is 22.4 Å². The Hall–Kier alpha value is -6.42. The number of amides is 4. The molecule has 4 fully saturated rings. The number of fused-ring (bicyclic) bond motifs is 6. The molecule has 2 unspecified atom stereocenters. The number of hydrazone groups is 1. The number of H-pyrrole nitrogens is 1. The third-order valence-electron chi connectivity index (χ3n) is 21.0. The lowest BCUT2D eigenvalue weighted by Crippen LogP contribution is -2.81. The van der Waals surface area contributed by atoms with Gasteiger partial charge in [0.25, 0.3) is 12.4 Å². The van der Waals surface area contributed by atoms with Crippen LogP contribution in [0.5, 0.6) is 5.75 Å². The molecular formula is C66H84N8O11S. The highest BCUT2D eigenvalue weighted by molar-refractivity contribution is 8.00. The number of Topliss-reactive ketones (excluding diaryl/α,β-unsaturated/α-hetero) is 1. The second-order valence-corrected chi connectivity index (χ2v) is 27.0. The number of hydrogen-bond acceptors (Lipinski definition) is 16. The van der Waals surface area contributed by atoms with Crippen molar-refractivity contribution in [3.05, 3.63) is 101 Å². The highest BCUT2D eigenvalue weighted by Gasteiger charge is 2.79. The molecule has 4 aromatic rings. The Morgan fingerprint density at radius 1 is 0.988 bits per heavy atom. The molecule has 3 aromatic carbocycles. The minimum Gasteiger partial charge on any atom is -0.496 e. The molecule has 460 valence electrons. The van der Waals surface area contributed by atoms with Gasteiger partial charge in [-0.1, -0.05) is 70.2 Å². The van der Waals surface area contributed by atoms with E-state index in [0.717, 1.165) is 52.1 Å². The number of ether oxygens (including phenoxy) is 2. The fraction of sp³-hybridized carbons (Fsp3) is 0.561. The van der Waals surface area contributed by atoms with Gasteiger partial charge in [-0.25, -0.2) is 10.3 Å². The van der Waals surface area contributed by atoms with E-state index in [-0.39, 0.29) is 60.8 Å². The molecule has 1 spiro atoms. The van der Waals surface area contributed by atoms with E-state index in [1.54, 1.807) is 45.2 Å². The Morgan fingerprint density at radius 3 is 2.48 bits per heavy atom. The van der Waals surface area contributed by atoms with Crippen molar-refractivity contribution >= 4 is 75.6 Å². The van der Waals surface area contributed by atoms with E-state index < -0.39 is 56.8 Å². The minimum atomic E-state index is -2.47. The smallest absolute Gasteiger partial charge is 0.293 e. The molecule has 7 heterocycles. The first-order valence-electron chi connectivity index (χ1n) is 30.8. The molecule has 19 nitrogen and oxygen atoms in total. The Kier molecular flexibility index (Phi) is 16.8. The Morgan fingerprint density at radius 2 is 1.76 bits per heavy atom. The summed E-state index contributed by atoms with van der Waals surface area (Å²) in [5, 5.41) is 46.9. The van der Waals surface area contributed by atoms with Crippen LogP contribution >= 0.6 is 11.8 Å². The van der Waals surface area contributed by atoms with Crippen molar-refractivity contribution in [1.29, 1.82) is 0 Å². The number of benzene rings is 3. The number of aromatic nitrogens is 1. The maximum absolute atomic E-state index is 15.5. The van der Waals surface area contributed by atoms with Crippen molar-refractivity contribution in [1.82, 2.24) is 25.5 Å². The number of para-hydroxylation sites is 1. The molecule has 86 heavy (non-hydrogen) atoms. The maximum atomic E-state index is 15.5. The van der Waals surface area contributed by atoms with Gasteiger partial charge in [-0.15, -0.1) is 11.8 Å². The van der Waals surface area contributed by atoms with E-state index in [4.69, 9.17) is 9.47 Å². The van der Waals surface area contributed by atoms with E-state index in [2.05, 4.69) is 48.8 Å². The van der Waals surface area contributed by atoms with E-state index in [0.29, 0.717) is 106 Å². The van der Waals surface area contributed by atoms with Gasteiger partial charge in [0.2, 0.25) is 17.7 Å². The van der Waals surface area contributed by atoms with Crippen LogP contribution in [-0.4, -0.2) is 172 Å². The van der Waals surface area contributed by atoms with Gasteiger partial charge < -0.3 is 40.0 Å². The van der Waals surface area contributed by atoms with Crippen LogP contribution in [0.25, 0.3) is 10.9 Å². The lowest BCUT2D eigenvalue weighted by Gasteiger charge is -2.63. The second-order valence-electron chi connectivity index (χ2n) is 25.6. The monoisotopic (exact) mass is 1200 g/mol. The minimum absolute atomic E-state index is 0.0143. The summed E-state index contributed by atoms with van der Waals surface area (Å²) in [7, 11) is 3.49. The number of piperidine rings is 1. The van der Waals surface area contributed by atoms with Crippen LogP contribution in [-0.2, 0) is 50.8 Å². The number of nitrogens with zero attached hydrogens (tertiary/aromatic N) is 5. The summed E-state index contributed by atoms with van der Waals surface area (Å²) in [6.45, 7) is 14.8. The molecule has 4 amide bonds. The number of ketones is 1. The van der Waals surface area contributed by atoms with Gasteiger partial charge in [-0.05, 0) is 124 Å². The first kappa shape index (κ1) is 61.2. The quantitative estimate of drug-likeness (QED) is 0.0147. The molecule has 6 N–H and O–H groups in total. The molecule has 11 rings (SSSR count). The number of aromatic amines is 1. The van der Waals surface area contributed by atoms with Crippen molar-refractivity contribution in [2.45, 2.75) is 157 Å². The van der Waals surface area contributed by atoms with Crippen molar-refractivity contribution < 1.29 is 53.6 Å². The third kappa shape index (κ3) is 9.88. The highest BCUT2D eigenvalue weighted by Crippen LogP contribution is 2.67. The molecule has 1 aliphatic carbocycles. The number of carbonyl (C=O) groups excluding carboxylic acids is 6. The first-order chi connectivity index (χ1) is 41.2. The predicted molar refractivity (Wildman–Crippen MR) is 330 cm³/mol. The van der Waals surface area contributed by atoms with Crippen molar-refractivity contribution in [3.8, 4) is 5.75 Å². The molecule has 6 aliphatic heterocycles. The molecule has 20 heteroatoms. The number of aliphatic hydroxyl groups is 3. The Bertz CT molecular complexity index is 3390. The van der Waals surface area contributed by atoms with Gasteiger partial charge in [0, 0.05) is 103 Å². The van der Waals surface area contributed by atoms with Crippen molar-refractivity contribution in [3.63, 3.8) is 0 Å². The topological polar surface area (TPSA) is 247 Å². The summed E-state index contributed by atoms with van der Waals surface area (Å²) in [4.78, 5) is 91.9. The number of likely N-dealkylation sites (N-methyl/N-ethyl adjacent to an activating group) is 1. The van der Waals surface area contributed by atoms with E-state index in [9.17, 15) is 39.3 Å². The van der Waals surface area contributed by atoms with Crippen LogP contribution in [0.15, 0.2) is 77.9 Å². The first-order valence-corrected chi connectivity index (χ1v) is 31.9. The van der Waals surface area contributed by atoms with Gasteiger partial charge in [0.15, 0.2) is 11.4 Å². The normalized spacial score (nSPS) is 31.9. The summed E-state index contributed by atoms with van der Waals surface area (Å²) >= 11 is 1.34. The van der Waals surface area contributed by atoms with Crippen LogP contribution in [0.1, 0.15) is 127 Å². The summed E-state index contributed by atoms with van der Waals surface area (Å²) in [5.74, 6) is -1.04. The Labute approximate surface area is 507 Å². The largest absolute Gasteiger partial charge is 0.496 e. The number of hydrogen-bond donors (Lipinski definition) is 6. The number of imide groups is 1. The van der Waals surface area contributed by atoms with Crippen LogP contribution in [0.4, 0.5) is 11.4 Å². The van der Waals surface area contributed by atoms with Gasteiger partial charge in [0.1, 0.15) is 18.5 Å². The second kappa shape index (κ2) is 23.6. The summed E-state index contributed by atoms with van der Waals surface area (Å²) < 4.78 is 12.6. The van der Waals surface area contributed by atoms with E-state index in [1.807, 2.05) is 70.0 Å². The van der Waals surface area contributed by atoms with Crippen LogP contribution < -0.4 is 25.3 Å². The van der Waals surface area contributed by atoms with Gasteiger partial charge in [-0.2, -0.15) is 5.10 Å². The average Bonchev–Trinajstić information content (AvgIpc) is 1.46. The highest BCUT2D eigenvalue weighted by atomic mass is 32.2. The van der Waals surface area contributed by atoms with Gasteiger partial charge in [-0.3, -0.25) is 38.6 Å². The van der Waals surface area contributed by atoms with Crippen LogP contribution in [0.3, 0.4) is 0 Å². The molecule has 13 atom stereocenters. The van der Waals surface area contributed by atoms with Gasteiger partial charge in [0.05, 0.1) is 46.9 Å². The third-order valence-corrected chi connectivity index (χ3v) is 22.3. The number of methoxy groups -OCH3 is 1. The Balaban J connectivity index is 0.904. The van der Waals surface area contributed by atoms with Crippen molar-refractivity contribution in [2.75, 3.05) is 69.0 Å². The number of carbonyl (C=O) groups is 6. The van der Waals surface area contributed by atoms with E-state index in [1.165, 1.54) is 16.7 Å². The number of thioether (sulfide) groups is 1. The molecule has 1 saturated carbocycles. The zero-order valence-electron chi connectivity index (χ0n) is 50.8. The average molecular weight is 1200 g/mol. The number of rotatable bonds is 20. The summed E-state index contributed by atoms with van der Waals surface area (Å²) in [5.41, 5.74) is 2.86. The number of nitrogens with one attached hydrogen (secondary N) is 3. The summed E-state index contributed by atoms with van der Waals surface area (Å²) in [6.07, 6.45) is 7.07. The molecule has 0 radical (unpaired) electrons. The molecule has 1 aromatic heterocycles. The lowest BCUT2D eigenvalue weighted by molar-refractivity contribution is -0.203. The lowest BCUT2D eigenvalue weighted by atomic mass is 9.47. The van der Waals surface area contributed by atoms with E-state index >= 15 is 4.79 Å². The molecule has 3 saturated heterocycles. The standard InChI is InChI=1S/C66H84N8O11S/c1-9-39(4)56(78)67-41(6)51(76)18-14-29-86-53-32-54(77)74(57(53)79)44-21-19-43(20-22-44)40(5)69-70-61(81)66(83)59-65(25-28-73-26-15-24-63(11-3,58(65)73)60(66)80)47-30-48(52(84-8)31-50(47)71(59)7)64(37-85-38-75)34-42-33-62(82,10-2)36-72(35-42)27-23-46-45-16-12-13-17-49(45)68-55(46)64/h12-13,15-17,19-22,24,30-31,38-39,41-42,53,58-60,68,80,82-83H,9-11,14,18,23,25-29,32-37H2,1-8H3,(H,67,78)(H,70,81)/b69-40-/t39-,41+,42-,53?,58+,59-,60-,62+,63-,64+,65-,66+/m1/s1. The van der Waals surface area contributed by atoms with Crippen LogP contribution in [0.2, 0.25) is 0 Å². The fourth-order valence-electron chi connectivity index (χ4n) is 16.5. The summed E-state index contributed by atoms with van der Waals surface area (Å²) in [6, 6.07) is 17.1. The molecule has 7 aliphatic rings. The zero-order chi connectivity index (χ0) is 61.3. The van der Waals surface area contributed by atoms with Crippen LogP contribution in [0, 0.1) is 17.3 Å². The molecular weight excluding hydrogens is 1110 g/mol. The van der Waals surface area contributed by atoms with Gasteiger partial charge >= 0.3 is 0 Å².